The fraction of sp³-hybridized carbons (Fsp3) is 0.214. The Kier molecular flexibility index (Phi) is 3.31. The highest BCUT2D eigenvalue weighted by atomic mass is 16.1. The predicted octanol–water partition coefficient (Wildman–Crippen LogP) is 0.893. The summed E-state index contributed by atoms with van der Waals surface area (Å²) < 4.78 is 1.98. The molecule has 7 heteroatoms. The zero-order valence-electron chi connectivity index (χ0n) is 11.6. The lowest BCUT2D eigenvalue weighted by molar-refractivity contribution is 0.790. The Balaban J connectivity index is 1.79. The van der Waals surface area contributed by atoms with Crippen molar-refractivity contribution in [2.24, 2.45) is 7.05 Å². The van der Waals surface area contributed by atoms with Gasteiger partial charge in [0.2, 0.25) is 0 Å². The molecule has 0 saturated carbocycles. The van der Waals surface area contributed by atoms with Crippen LogP contribution >= 0.6 is 0 Å². The summed E-state index contributed by atoms with van der Waals surface area (Å²) >= 11 is 0. The van der Waals surface area contributed by atoms with Crippen LogP contribution in [0.3, 0.4) is 0 Å². The molecule has 0 aliphatic rings. The number of nitrogens with zero attached hydrogens (tertiary/aromatic N) is 3. The molecule has 0 amide bonds. The van der Waals surface area contributed by atoms with Gasteiger partial charge in [-0.15, -0.1) is 0 Å². The molecule has 0 aliphatic carbocycles. The van der Waals surface area contributed by atoms with Gasteiger partial charge in [-0.25, -0.2) is 9.97 Å². The van der Waals surface area contributed by atoms with Crippen LogP contribution in [0.5, 0.6) is 0 Å². The normalized spacial score (nSPS) is 10.9. The van der Waals surface area contributed by atoms with E-state index in [1.807, 2.05) is 17.8 Å². The highest BCUT2D eigenvalue weighted by molar-refractivity contribution is 5.88. The van der Waals surface area contributed by atoms with Crippen molar-refractivity contribution in [1.82, 2.24) is 19.5 Å². The molecule has 0 aliphatic heterocycles. The van der Waals surface area contributed by atoms with Gasteiger partial charge in [-0.3, -0.25) is 4.79 Å². The standard InChI is InChI=1S/C14H16N6O/c1-20-5-4-17-13(20)2-3-16-12-7-11-9(6-10(12)15)14(21)19-8-18-11/h4-8,16H,2-3,15H2,1H3,(H,18,19,21). The summed E-state index contributed by atoms with van der Waals surface area (Å²) in [5.74, 6) is 0.997. The Morgan fingerprint density at radius 3 is 3.00 bits per heavy atom. The van der Waals surface area contributed by atoms with Gasteiger partial charge in [0.05, 0.1) is 28.6 Å². The second-order valence-corrected chi connectivity index (χ2v) is 4.82. The Hall–Kier alpha value is -2.83. The molecule has 0 fully saturated rings. The summed E-state index contributed by atoms with van der Waals surface area (Å²) in [5, 5.41) is 3.75. The summed E-state index contributed by atoms with van der Waals surface area (Å²) in [6.45, 7) is 0.698. The smallest absolute Gasteiger partial charge is 0.258 e. The van der Waals surface area contributed by atoms with Gasteiger partial charge < -0.3 is 20.6 Å². The molecule has 0 atom stereocenters. The predicted molar refractivity (Wildman–Crippen MR) is 82.2 cm³/mol. The van der Waals surface area contributed by atoms with Gasteiger partial charge >= 0.3 is 0 Å². The number of nitrogen functional groups attached to an aromatic ring is 1. The highest BCUT2D eigenvalue weighted by Gasteiger charge is 2.06. The van der Waals surface area contributed by atoms with Crippen LogP contribution < -0.4 is 16.6 Å². The molecule has 1 aromatic carbocycles. The van der Waals surface area contributed by atoms with Crippen LogP contribution in [-0.4, -0.2) is 26.1 Å². The van der Waals surface area contributed by atoms with Crippen molar-refractivity contribution in [1.29, 1.82) is 0 Å². The fourth-order valence-electron chi connectivity index (χ4n) is 2.23. The van der Waals surface area contributed by atoms with Gasteiger partial charge in [0.1, 0.15) is 5.82 Å². The van der Waals surface area contributed by atoms with Crippen LogP contribution in [0.2, 0.25) is 0 Å². The molecule has 0 spiro atoms. The number of hydrogen-bond acceptors (Lipinski definition) is 5. The van der Waals surface area contributed by atoms with Crippen LogP contribution in [0.4, 0.5) is 11.4 Å². The number of nitrogens with one attached hydrogen (secondary N) is 2. The lowest BCUT2D eigenvalue weighted by Gasteiger charge is -2.10. The van der Waals surface area contributed by atoms with Crippen molar-refractivity contribution in [2.45, 2.75) is 6.42 Å². The molecule has 7 nitrogen and oxygen atoms in total. The molecule has 0 saturated heterocycles. The molecule has 2 heterocycles. The minimum Gasteiger partial charge on any atom is -0.397 e. The average molecular weight is 284 g/mol. The molecule has 0 bridgehead atoms. The average Bonchev–Trinajstić information content (AvgIpc) is 2.86. The molecule has 108 valence electrons. The number of aromatic amines is 1. The molecule has 0 radical (unpaired) electrons. The molecule has 3 aromatic rings. The van der Waals surface area contributed by atoms with Crippen LogP contribution in [0.15, 0.2) is 35.6 Å². The number of benzene rings is 1. The number of H-pyrrole nitrogens is 1. The van der Waals surface area contributed by atoms with Crippen molar-refractivity contribution in [2.75, 3.05) is 17.6 Å². The number of aryl methyl sites for hydroxylation is 1. The maximum Gasteiger partial charge on any atom is 0.258 e. The van der Waals surface area contributed by atoms with E-state index in [1.165, 1.54) is 6.33 Å². The van der Waals surface area contributed by atoms with Crippen LogP contribution in [0, 0.1) is 0 Å². The van der Waals surface area contributed by atoms with Crippen LogP contribution in [0.25, 0.3) is 10.9 Å². The van der Waals surface area contributed by atoms with Gasteiger partial charge in [-0.1, -0.05) is 0 Å². The summed E-state index contributed by atoms with van der Waals surface area (Å²) in [5.41, 5.74) is 7.71. The second kappa shape index (κ2) is 5.28. The van der Waals surface area contributed by atoms with E-state index in [0.29, 0.717) is 23.1 Å². The van der Waals surface area contributed by atoms with E-state index in [9.17, 15) is 4.79 Å². The van der Waals surface area contributed by atoms with Gasteiger partial charge in [-0.05, 0) is 12.1 Å². The monoisotopic (exact) mass is 284 g/mol. The van der Waals surface area contributed by atoms with E-state index >= 15 is 0 Å². The number of aromatic nitrogens is 4. The van der Waals surface area contributed by atoms with Gasteiger partial charge in [0.15, 0.2) is 0 Å². The van der Waals surface area contributed by atoms with Crippen molar-refractivity contribution < 1.29 is 0 Å². The van der Waals surface area contributed by atoms with Crippen LogP contribution in [0.1, 0.15) is 5.82 Å². The third-order valence-electron chi connectivity index (χ3n) is 3.40. The highest BCUT2D eigenvalue weighted by Crippen LogP contribution is 2.22. The first-order valence-electron chi connectivity index (χ1n) is 6.62. The molecule has 2 aromatic heterocycles. The lowest BCUT2D eigenvalue weighted by Crippen LogP contribution is -2.11. The largest absolute Gasteiger partial charge is 0.397 e. The molecule has 21 heavy (non-hydrogen) atoms. The van der Waals surface area contributed by atoms with E-state index in [4.69, 9.17) is 5.73 Å². The summed E-state index contributed by atoms with van der Waals surface area (Å²) in [4.78, 5) is 22.6. The molecule has 0 unspecified atom stereocenters. The molecular weight excluding hydrogens is 268 g/mol. The Morgan fingerprint density at radius 2 is 2.24 bits per heavy atom. The number of fused-ring (bicyclic) bond motifs is 1. The number of hydrogen-bond donors (Lipinski definition) is 3. The summed E-state index contributed by atoms with van der Waals surface area (Å²) in [6.07, 6.45) is 5.86. The van der Waals surface area contributed by atoms with E-state index in [1.54, 1.807) is 18.3 Å². The zero-order valence-corrected chi connectivity index (χ0v) is 11.6. The fourth-order valence-corrected chi connectivity index (χ4v) is 2.23. The molecular formula is C14H16N6O. The second-order valence-electron chi connectivity index (χ2n) is 4.82. The minimum absolute atomic E-state index is 0.189. The summed E-state index contributed by atoms with van der Waals surface area (Å²) in [7, 11) is 1.96. The van der Waals surface area contributed by atoms with Gasteiger partial charge in [0.25, 0.3) is 5.56 Å². The van der Waals surface area contributed by atoms with Crippen LogP contribution in [-0.2, 0) is 13.5 Å². The van der Waals surface area contributed by atoms with E-state index in [-0.39, 0.29) is 5.56 Å². The topological polar surface area (TPSA) is 102 Å². The molecule has 3 rings (SSSR count). The van der Waals surface area contributed by atoms with E-state index < -0.39 is 0 Å². The van der Waals surface area contributed by atoms with Crippen molar-refractivity contribution in [3.8, 4) is 0 Å². The van der Waals surface area contributed by atoms with Gasteiger partial charge in [0, 0.05) is 32.4 Å². The first-order valence-corrected chi connectivity index (χ1v) is 6.62. The maximum atomic E-state index is 11.7. The number of imidazole rings is 1. The Bertz CT molecular complexity index is 835. The quantitative estimate of drug-likeness (QED) is 0.618. The maximum absolute atomic E-state index is 11.7. The lowest BCUT2D eigenvalue weighted by atomic mass is 10.2. The Morgan fingerprint density at radius 1 is 1.38 bits per heavy atom. The zero-order chi connectivity index (χ0) is 14.8. The third kappa shape index (κ3) is 2.58. The van der Waals surface area contributed by atoms with Gasteiger partial charge in [-0.2, -0.15) is 0 Å². The Labute approximate surface area is 120 Å². The van der Waals surface area contributed by atoms with Crippen molar-refractivity contribution in [3.63, 3.8) is 0 Å². The van der Waals surface area contributed by atoms with Crippen molar-refractivity contribution in [3.05, 3.63) is 47.0 Å². The minimum atomic E-state index is -0.189. The number of rotatable bonds is 4. The SMILES string of the molecule is Cn1ccnc1CCNc1cc2nc[nH]c(=O)c2cc1N. The summed E-state index contributed by atoms with van der Waals surface area (Å²) in [6, 6.07) is 3.43. The number of anilines is 2. The molecule has 4 N–H and O–H groups in total. The number of nitrogens with two attached hydrogens (primary N) is 1. The van der Waals surface area contributed by atoms with E-state index in [2.05, 4.69) is 20.3 Å². The van der Waals surface area contributed by atoms with E-state index in [0.717, 1.165) is 17.9 Å². The first-order chi connectivity index (χ1) is 10.1. The first kappa shape index (κ1) is 13.2. The third-order valence-corrected chi connectivity index (χ3v) is 3.40. The van der Waals surface area contributed by atoms with Crippen molar-refractivity contribution >= 4 is 22.3 Å².